The Morgan fingerprint density at radius 1 is 1.17 bits per heavy atom. The number of hydrogen-bond donors (Lipinski definition) is 1. The summed E-state index contributed by atoms with van der Waals surface area (Å²) in [6, 6.07) is 6.32. The summed E-state index contributed by atoms with van der Waals surface area (Å²) in [6.07, 6.45) is 3.83. The van der Waals surface area contributed by atoms with Gasteiger partial charge in [0.15, 0.2) is 28.5 Å². The van der Waals surface area contributed by atoms with Crippen LogP contribution < -0.4 is 14.8 Å². The highest BCUT2D eigenvalue weighted by Gasteiger charge is 2.27. The van der Waals surface area contributed by atoms with Crippen LogP contribution in [0.15, 0.2) is 24.5 Å². The minimum Gasteiger partial charge on any atom is -0.454 e. The lowest BCUT2D eigenvalue weighted by Gasteiger charge is -2.06. The van der Waals surface area contributed by atoms with E-state index >= 15 is 0 Å². The molecular weight excluding hydrogens is 296 g/mol. The molecule has 0 unspecified atom stereocenters. The van der Waals surface area contributed by atoms with Gasteiger partial charge >= 0.3 is 0 Å². The van der Waals surface area contributed by atoms with Crippen LogP contribution >= 0.6 is 0 Å². The average Bonchev–Trinajstić information content (AvgIpc) is 3.16. The van der Waals surface area contributed by atoms with Crippen molar-refractivity contribution in [3.05, 3.63) is 30.1 Å². The molecule has 5 rings (SSSR count). The van der Waals surface area contributed by atoms with Gasteiger partial charge in [-0.25, -0.2) is 14.6 Å². The predicted molar refractivity (Wildman–Crippen MR) is 81.3 cm³/mol. The molecule has 0 spiro atoms. The fourth-order valence-electron chi connectivity index (χ4n) is 2.70. The molecule has 8 nitrogen and oxygen atoms in total. The van der Waals surface area contributed by atoms with Crippen LogP contribution in [0.25, 0.3) is 11.2 Å². The first-order valence-electron chi connectivity index (χ1n) is 7.57. The maximum absolute atomic E-state index is 5.40. The first kappa shape index (κ1) is 12.6. The molecular formula is C15H14N6O2. The van der Waals surface area contributed by atoms with Gasteiger partial charge in [0.1, 0.15) is 6.33 Å². The largest absolute Gasteiger partial charge is 0.454 e. The Morgan fingerprint density at radius 3 is 3.00 bits per heavy atom. The van der Waals surface area contributed by atoms with Gasteiger partial charge in [-0.05, 0) is 30.5 Å². The summed E-state index contributed by atoms with van der Waals surface area (Å²) in [6.45, 7) is 0.891. The fourth-order valence-corrected chi connectivity index (χ4v) is 2.70. The minimum absolute atomic E-state index is 0.281. The molecule has 0 saturated heterocycles. The van der Waals surface area contributed by atoms with Crippen LogP contribution in [0.5, 0.6) is 11.5 Å². The lowest BCUT2D eigenvalue weighted by Crippen LogP contribution is -2.03. The van der Waals surface area contributed by atoms with E-state index in [1.807, 2.05) is 22.9 Å². The fraction of sp³-hybridized carbons (Fsp3) is 0.333. The van der Waals surface area contributed by atoms with Crippen molar-refractivity contribution in [1.29, 1.82) is 0 Å². The molecule has 0 atom stereocenters. The van der Waals surface area contributed by atoms with Crippen molar-refractivity contribution < 1.29 is 9.47 Å². The predicted octanol–water partition coefficient (Wildman–Crippen LogP) is 1.90. The zero-order valence-corrected chi connectivity index (χ0v) is 12.3. The highest BCUT2D eigenvalue weighted by molar-refractivity contribution is 5.81. The topological polar surface area (TPSA) is 87.0 Å². The Morgan fingerprint density at radius 2 is 2.09 bits per heavy atom. The van der Waals surface area contributed by atoms with Gasteiger partial charge in [-0.15, -0.1) is 5.10 Å². The number of hydrogen-bond acceptors (Lipinski definition) is 7. The number of ether oxygens (including phenoxy) is 2. The number of fused-ring (bicyclic) bond motifs is 2. The molecule has 1 saturated carbocycles. The number of aromatic nitrogens is 5. The van der Waals surface area contributed by atoms with Gasteiger partial charge in [-0.1, -0.05) is 11.3 Å². The Hall–Kier alpha value is -2.90. The summed E-state index contributed by atoms with van der Waals surface area (Å²) >= 11 is 0. The molecule has 8 heteroatoms. The first-order valence-corrected chi connectivity index (χ1v) is 7.57. The van der Waals surface area contributed by atoms with Crippen molar-refractivity contribution in [2.24, 2.45) is 0 Å². The van der Waals surface area contributed by atoms with Crippen molar-refractivity contribution in [2.45, 2.75) is 25.4 Å². The van der Waals surface area contributed by atoms with Gasteiger partial charge in [-0.3, -0.25) is 0 Å². The molecule has 1 N–H and O–H groups in total. The third kappa shape index (κ3) is 2.14. The molecule has 0 radical (unpaired) electrons. The van der Waals surface area contributed by atoms with E-state index in [0.717, 1.165) is 35.6 Å². The van der Waals surface area contributed by atoms with Crippen LogP contribution in [0.2, 0.25) is 0 Å². The van der Waals surface area contributed by atoms with Crippen molar-refractivity contribution in [2.75, 3.05) is 12.1 Å². The molecule has 1 aromatic carbocycles. The molecule has 3 heterocycles. The van der Waals surface area contributed by atoms with Crippen LogP contribution in [0.1, 0.15) is 24.4 Å². The SMILES string of the molecule is c1nc(NCc2ccc3c(c2)OCO3)c2nnn(C3CC3)c2n1. The number of rotatable bonds is 4. The standard InChI is InChI=1S/C15H14N6O2/c1-4-11-12(23-8-22-11)5-9(1)6-16-14-13-15(18-7-17-14)21(20-19-13)10-2-3-10/h1,4-5,7,10H,2-3,6,8H2,(H,16,17,18). The Labute approximate surface area is 131 Å². The molecule has 23 heavy (non-hydrogen) atoms. The van der Waals surface area contributed by atoms with E-state index in [1.165, 1.54) is 0 Å². The van der Waals surface area contributed by atoms with Crippen molar-refractivity contribution in [3.8, 4) is 11.5 Å². The van der Waals surface area contributed by atoms with Gasteiger partial charge < -0.3 is 14.8 Å². The number of nitrogens with one attached hydrogen (secondary N) is 1. The Bertz CT molecular complexity index is 889. The molecule has 2 aliphatic rings. The smallest absolute Gasteiger partial charge is 0.231 e. The second kappa shape index (κ2) is 4.80. The van der Waals surface area contributed by atoms with Crippen LogP contribution in [-0.2, 0) is 6.54 Å². The van der Waals surface area contributed by atoms with Crippen molar-refractivity contribution in [3.63, 3.8) is 0 Å². The zero-order chi connectivity index (χ0) is 15.2. The van der Waals surface area contributed by atoms with Gasteiger partial charge in [0.25, 0.3) is 0 Å². The van der Waals surface area contributed by atoms with Crippen LogP contribution in [0.3, 0.4) is 0 Å². The van der Waals surface area contributed by atoms with Crippen LogP contribution in [0, 0.1) is 0 Å². The maximum Gasteiger partial charge on any atom is 0.231 e. The van der Waals surface area contributed by atoms with E-state index in [2.05, 4.69) is 25.6 Å². The lowest BCUT2D eigenvalue weighted by molar-refractivity contribution is 0.174. The second-order valence-corrected chi connectivity index (χ2v) is 5.70. The Kier molecular flexibility index (Phi) is 2.64. The number of anilines is 1. The van der Waals surface area contributed by atoms with E-state index in [1.54, 1.807) is 6.33 Å². The van der Waals surface area contributed by atoms with Gasteiger partial charge in [-0.2, -0.15) is 0 Å². The van der Waals surface area contributed by atoms with E-state index < -0.39 is 0 Å². The van der Waals surface area contributed by atoms with E-state index in [9.17, 15) is 0 Å². The highest BCUT2D eigenvalue weighted by atomic mass is 16.7. The summed E-state index contributed by atoms with van der Waals surface area (Å²) in [7, 11) is 0. The average molecular weight is 310 g/mol. The highest BCUT2D eigenvalue weighted by Crippen LogP contribution is 2.36. The normalized spacial score (nSPS) is 16.0. The van der Waals surface area contributed by atoms with Crippen molar-refractivity contribution in [1.82, 2.24) is 25.0 Å². The molecule has 1 aliphatic heterocycles. The molecule has 3 aromatic rings. The molecule has 0 amide bonds. The number of benzene rings is 1. The van der Waals surface area contributed by atoms with E-state index in [-0.39, 0.29) is 6.79 Å². The quantitative estimate of drug-likeness (QED) is 0.787. The van der Waals surface area contributed by atoms with E-state index in [0.29, 0.717) is 23.9 Å². The van der Waals surface area contributed by atoms with Crippen molar-refractivity contribution >= 4 is 17.0 Å². The summed E-state index contributed by atoms with van der Waals surface area (Å²) in [5.41, 5.74) is 2.58. The minimum atomic E-state index is 0.281. The lowest BCUT2D eigenvalue weighted by atomic mass is 10.2. The first-order chi connectivity index (χ1) is 11.4. The monoisotopic (exact) mass is 310 g/mol. The van der Waals surface area contributed by atoms with Crippen LogP contribution in [0.4, 0.5) is 5.82 Å². The molecule has 116 valence electrons. The van der Waals surface area contributed by atoms with Gasteiger partial charge in [0.05, 0.1) is 6.04 Å². The third-order valence-corrected chi connectivity index (χ3v) is 4.05. The summed E-state index contributed by atoms with van der Waals surface area (Å²) < 4.78 is 12.6. The second-order valence-electron chi connectivity index (χ2n) is 5.70. The summed E-state index contributed by atoms with van der Waals surface area (Å²) in [5, 5.41) is 11.7. The van der Waals surface area contributed by atoms with Crippen LogP contribution in [-0.4, -0.2) is 31.8 Å². The van der Waals surface area contributed by atoms with Gasteiger partial charge in [0.2, 0.25) is 6.79 Å². The third-order valence-electron chi connectivity index (χ3n) is 4.05. The summed E-state index contributed by atoms with van der Waals surface area (Å²) in [5.74, 6) is 2.25. The summed E-state index contributed by atoms with van der Waals surface area (Å²) in [4.78, 5) is 8.61. The molecule has 0 bridgehead atoms. The molecule has 1 fully saturated rings. The maximum atomic E-state index is 5.40. The number of nitrogens with zero attached hydrogens (tertiary/aromatic N) is 5. The zero-order valence-electron chi connectivity index (χ0n) is 12.3. The Balaban J connectivity index is 1.41. The van der Waals surface area contributed by atoms with E-state index in [4.69, 9.17) is 9.47 Å². The molecule has 1 aliphatic carbocycles. The van der Waals surface area contributed by atoms with Gasteiger partial charge in [0, 0.05) is 6.54 Å². The molecule has 2 aromatic heterocycles.